The molecule has 1 fully saturated rings. The predicted molar refractivity (Wildman–Crippen MR) is 90.4 cm³/mol. The quantitative estimate of drug-likeness (QED) is 0.608. The van der Waals surface area contributed by atoms with Crippen LogP contribution < -0.4 is 0 Å². The van der Waals surface area contributed by atoms with Gasteiger partial charge in [0.15, 0.2) is 4.90 Å². The minimum atomic E-state index is -3.91. The number of hydrogen-bond donors (Lipinski definition) is 0. The summed E-state index contributed by atoms with van der Waals surface area (Å²) in [6.45, 7) is 0.614. The van der Waals surface area contributed by atoms with Crippen molar-refractivity contribution in [1.82, 2.24) is 4.31 Å². The smallest absolute Gasteiger partial charge is 0.289 e. The molecule has 1 aromatic heterocycles. The van der Waals surface area contributed by atoms with Crippen LogP contribution in [0.15, 0.2) is 52.0 Å². The number of rotatable bonds is 4. The van der Waals surface area contributed by atoms with Gasteiger partial charge in [0.2, 0.25) is 10.0 Å². The van der Waals surface area contributed by atoms with Gasteiger partial charge in [0.25, 0.3) is 5.69 Å². The first-order valence-corrected chi connectivity index (χ1v) is 9.87. The Morgan fingerprint density at radius 1 is 1.21 bits per heavy atom. The number of para-hydroxylation sites is 1. The Balaban J connectivity index is 1.85. The molecule has 0 bridgehead atoms. The second-order valence-corrected chi connectivity index (χ2v) is 8.51. The highest BCUT2D eigenvalue weighted by atomic mass is 32.2. The Labute approximate surface area is 143 Å². The molecule has 7 nitrogen and oxygen atoms in total. The third-order valence-electron chi connectivity index (χ3n) is 3.84. The Bertz CT molecular complexity index is 820. The van der Waals surface area contributed by atoms with Gasteiger partial charge < -0.3 is 4.42 Å². The fourth-order valence-electron chi connectivity index (χ4n) is 2.66. The minimum Gasteiger partial charge on any atom is -0.468 e. The molecule has 0 N–H and O–H groups in total. The fourth-order valence-corrected chi connectivity index (χ4v) is 5.57. The van der Waals surface area contributed by atoms with Crippen LogP contribution in [-0.4, -0.2) is 36.5 Å². The fraction of sp³-hybridized carbons (Fsp3) is 0.333. The second kappa shape index (κ2) is 6.96. The lowest BCUT2D eigenvalue weighted by molar-refractivity contribution is -0.387. The molecule has 9 heteroatoms. The molecule has 1 unspecified atom stereocenters. The SMILES string of the molecule is O=[N+]([O-])c1ccccc1S(=O)(=O)N1CCSC(c2ccco2)CC1. The zero-order valence-corrected chi connectivity index (χ0v) is 14.3. The number of sulfonamides is 1. The molecule has 0 aliphatic carbocycles. The second-order valence-electron chi connectivity index (χ2n) is 5.29. The molecule has 2 aromatic rings. The number of nitro groups is 1. The van der Waals surface area contributed by atoms with E-state index >= 15 is 0 Å². The van der Waals surface area contributed by atoms with Crippen molar-refractivity contribution in [3.8, 4) is 0 Å². The van der Waals surface area contributed by atoms with E-state index in [-0.39, 0.29) is 10.1 Å². The Hall–Kier alpha value is -1.84. The third-order valence-corrected chi connectivity index (χ3v) is 7.08. The molecule has 3 rings (SSSR count). The molecule has 0 spiro atoms. The largest absolute Gasteiger partial charge is 0.468 e. The van der Waals surface area contributed by atoms with Gasteiger partial charge in [-0.2, -0.15) is 4.31 Å². The number of thioether (sulfide) groups is 1. The van der Waals surface area contributed by atoms with Gasteiger partial charge in [-0.1, -0.05) is 12.1 Å². The zero-order chi connectivity index (χ0) is 17.2. The van der Waals surface area contributed by atoms with Gasteiger partial charge in [-0.3, -0.25) is 10.1 Å². The van der Waals surface area contributed by atoms with Crippen LogP contribution in [-0.2, 0) is 10.0 Å². The number of hydrogen-bond acceptors (Lipinski definition) is 6. The van der Waals surface area contributed by atoms with Crippen molar-refractivity contribution in [2.75, 3.05) is 18.8 Å². The van der Waals surface area contributed by atoms with Gasteiger partial charge in [-0.25, -0.2) is 8.42 Å². The molecular formula is C15H16N2O5S2. The van der Waals surface area contributed by atoms with Crippen LogP contribution in [0.4, 0.5) is 5.69 Å². The number of furan rings is 1. The van der Waals surface area contributed by atoms with E-state index in [1.165, 1.54) is 28.6 Å². The molecule has 128 valence electrons. The van der Waals surface area contributed by atoms with E-state index < -0.39 is 20.6 Å². The van der Waals surface area contributed by atoms with Gasteiger partial charge in [0.1, 0.15) is 5.76 Å². The Kier molecular flexibility index (Phi) is 4.93. The molecule has 0 radical (unpaired) electrons. The van der Waals surface area contributed by atoms with Crippen molar-refractivity contribution in [3.63, 3.8) is 0 Å². The summed E-state index contributed by atoms with van der Waals surface area (Å²) in [6.07, 6.45) is 2.20. The summed E-state index contributed by atoms with van der Waals surface area (Å²) in [4.78, 5) is 10.2. The van der Waals surface area contributed by atoms with Crippen molar-refractivity contribution < 1.29 is 17.8 Å². The summed E-state index contributed by atoms with van der Waals surface area (Å²) in [5.74, 6) is 1.43. The van der Waals surface area contributed by atoms with Crippen molar-refractivity contribution in [2.24, 2.45) is 0 Å². The van der Waals surface area contributed by atoms with Gasteiger partial charge in [0, 0.05) is 24.9 Å². The van der Waals surface area contributed by atoms with Crippen molar-refractivity contribution >= 4 is 27.5 Å². The van der Waals surface area contributed by atoms with E-state index in [4.69, 9.17) is 4.42 Å². The van der Waals surface area contributed by atoms with Crippen LogP contribution in [0.25, 0.3) is 0 Å². The first-order chi connectivity index (χ1) is 11.5. The molecule has 2 heterocycles. The summed E-state index contributed by atoms with van der Waals surface area (Å²) in [7, 11) is -3.91. The summed E-state index contributed by atoms with van der Waals surface area (Å²) in [5, 5.41) is 11.2. The van der Waals surface area contributed by atoms with E-state index in [1.807, 2.05) is 12.1 Å². The van der Waals surface area contributed by atoms with Crippen LogP contribution in [0.2, 0.25) is 0 Å². The van der Waals surface area contributed by atoms with Gasteiger partial charge >= 0.3 is 0 Å². The number of nitrogens with zero attached hydrogens (tertiary/aromatic N) is 2. The molecular weight excluding hydrogens is 352 g/mol. The van der Waals surface area contributed by atoms with Crippen LogP contribution in [0, 0.1) is 10.1 Å². The third kappa shape index (κ3) is 3.33. The Morgan fingerprint density at radius 3 is 2.71 bits per heavy atom. The monoisotopic (exact) mass is 368 g/mol. The Morgan fingerprint density at radius 2 is 2.00 bits per heavy atom. The molecule has 1 saturated heterocycles. The molecule has 1 aliphatic heterocycles. The number of benzene rings is 1. The molecule has 1 atom stereocenters. The van der Waals surface area contributed by atoms with Crippen molar-refractivity contribution in [2.45, 2.75) is 16.6 Å². The summed E-state index contributed by atoms with van der Waals surface area (Å²) in [5.41, 5.74) is -0.392. The maximum Gasteiger partial charge on any atom is 0.289 e. The van der Waals surface area contributed by atoms with Crippen LogP contribution in [0.5, 0.6) is 0 Å². The highest BCUT2D eigenvalue weighted by Gasteiger charge is 2.33. The van der Waals surface area contributed by atoms with Crippen LogP contribution in [0.1, 0.15) is 17.4 Å². The minimum absolute atomic E-state index is 0.0889. The van der Waals surface area contributed by atoms with E-state index in [0.717, 1.165) is 5.76 Å². The lowest BCUT2D eigenvalue weighted by Gasteiger charge is -2.19. The lowest BCUT2D eigenvalue weighted by Crippen LogP contribution is -2.33. The van der Waals surface area contributed by atoms with Gasteiger partial charge in [-0.15, -0.1) is 11.8 Å². The van der Waals surface area contributed by atoms with Crippen LogP contribution in [0.3, 0.4) is 0 Å². The average molecular weight is 368 g/mol. The maximum atomic E-state index is 12.8. The summed E-state index contributed by atoms with van der Waals surface area (Å²) >= 11 is 1.63. The van der Waals surface area contributed by atoms with Gasteiger partial charge in [0.05, 0.1) is 16.4 Å². The lowest BCUT2D eigenvalue weighted by atomic mass is 10.2. The predicted octanol–water partition coefficient (Wildman–Crippen LogP) is 3.06. The standard InChI is InChI=1S/C15H16N2O5S2/c18-17(19)12-4-1-2-6-15(12)24(20,21)16-8-7-14(23-11-9-16)13-5-3-10-22-13/h1-6,10,14H,7-9,11H2. The van der Waals surface area contributed by atoms with E-state index in [1.54, 1.807) is 18.0 Å². The molecule has 1 aromatic carbocycles. The zero-order valence-electron chi connectivity index (χ0n) is 12.7. The van der Waals surface area contributed by atoms with E-state index in [2.05, 4.69) is 0 Å². The molecule has 0 amide bonds. The van der Waals surface area contributed by atoms with Gasteiger partial charge in [-0.05, 0) is 24.6 Å². The van der Waals surface area contributed by atoms with Crippen molar-refractivity contribution in [3.05, 3.63) is 58.5 Å². The highest BCUT2D eigenvalue weighted by molar-refractivity contribution is 7.99. The highest BCUT2D eigenvalue weighted by Crippen LogP contribution is 2.36. The first-order valence-electron chi connectivity index (χ1n) is 7.39. The normalized spacial score (nSPS) is 19.8. The maximum absolute atomic E-state index is 12.8. The molecule has 1 aliphatic rings. The molecule has 24 heavy (non-hydrogen) atoms. The average Bonchev–Trinajstić information content (AvgIpc) is 2.98. The summed E-state index contributed by atoms with van der Waals surface area (Å²) < 4.78 is 32.4. The van der Waals surface area contributed by atoms with Crippen LogP contribution >= 0.6 is 11.8 Å². The molecule has 0 saturated carbocycles. The topological polar surface area (TPSA) is 93.7 Å². The first kappa shape index (κ1) is 17.0. The number of nitro benzene ring substituents is 1. The van der Waals surface area contributed by atoms with E-state index in [9.17, 15) is 18.5 Å². The van der Waals surface area contributed by atoms with E-state index in [0.29, 0.717) is 25.3 Å². The summed E-state index contributed by atoms with van der Waals surface area (Å²) in [6, 6.07) is 9.15. The van der Waals surface area contributed by atoms with Crippen molar-refractivity contribution in [1.29, 1.82) is 0 Å².